The Balaban J connectivity index is 1.88. The van der Waals surface area contributed by atoms with Crippen LogP contribution < -0.4 is 19.7 Å². The standard InChI is InChI=1S/C25H20Br2N2O3/c1-3-12-32-23-11-9-17(27)14-21(23)24-28-22-10-8-16(26)13-20(22)25(30)29(24)18-6-5-7-19(15-18)31-4-2/h1,5-11,13-15,24,28H,4,12H2,2H3/t24-/m0/s1. The number of fused-ring (bicyclic) bond motifs is 1. The van der Waals surface area contributed by atoms with Crippen LogP contribution in [-0.2, 0) is 0 Å². The summed E-state index contributed by atoms with van der Waals surface area (Å²) in [5.74, 6) is 3.65. The lowest BCUT2D eigenvalue weighted by Crippen LogP contribution is -2.43. The first-order valence-corrected chi connectivity index (χ1v) is 11.6. The molecule has 1 N–H and O–H groups in total. The molecule has 3 aromatic rings. The average Bonchev–Trinajstić information content (AvgIpc) is 2.79. The van der Waals surface area contributed by atoms with E-state index in [2.05, 4.69) is 43.1 Å². The van der Waals surface area contributed by atoms with Crippen molar-refractivity contribution in [1.82, 2.24) is 0 Å². The fraction of sp³-hybridized carbons (Fsp3) is 0.160. The van der Waals surface area contributed by atoms with E-state index in [-0.39, 0.29) is 12.5 Å². The molecule has 4 rings (SSSR count). The number of amides is 1. The number of ether oxygens (including phenoxy) is 2. The van der Waals surface area contributed by atoms with Gasteiger partial charge >= 0.3 is 0 Å². The molecule has 0 bridgehead atoms. The summed E-state index contributed by atoms with van der Waals surface area (Å²) in [6.07, 6.45) is 4.89. The van der Waals surface area contributed by atoms with E-state index in [0.717, 1.165) is 20.2 Å². The fourth-order valence-electron chi connectivity index (χ4n) is 3.63. The highest BCUT2D eigenvalue weighted by Crippen LogP contribution is 2.41. The first-order valence-electron chi connectivity index (χ1n) is 10.00. The van der Waals surface area contributed by atoms with Gasteiger partial charge in [-0.1, -0.05) is 43.8 Å². The number of nitrogens with one attached hydrogen (secondary N) is 1. The number of halogens is 2. The molecule has 1 aliphatic heterocycles. The summed E-state index contributed by atoms with van der Waals surface area (Å²) in [6.45, 7) is 2.58. The fourth-order valence-corrected chi connectivity index (χ4v) is 4.37. The number of hydrogen-bond acceptors (Lipinski definition) is 4. The van der Waals surface area contributed by atoms with Gasteiger partial charge in [0.05, 0.1) is 17.9 Å². The number of carbonyl (C=O) groups is 1. The van der Waals surface area contributed by atoms with Crippen molar-refractivity contribution in [1.29, 1.82) is 0 Å². The predicted molar refractivity (Wildman–Crippen MR) is 133 cm³/mol. The van der Waals surface area contributed by atoms with Crippen LogP contribution in [0.15, 0.2) is 69.6 Å². The SMILES string of the molecule is C#CCOc1ccc(Br)cc1[C@H]1Nc2ccc(Br)cc2C(=O)N1c1cccc(OCC)c1. The number of anilines is 2. The van der Waals surface area contributed by atoms with E-state index in [4.69, 9.17) is 15.9 Å². The Morgan fingerprint density at radius 1 is 1.06 bits per heavy atom. The summed E-state index contributed by atoms with van der Waals surface area (Å²) in [5, 5.41) is 3.51. The first kappa shape index (κ1) is 22.3. The molecule has 5 nitrogen and oxygen atoms in total. The number of terminal acetylenes is 1. The molecular formula is C25H20Br2N2O3. The Kier molecular flexibility index (Phi) is 6.73. The highest BCUT2D eigenvalue weighted by atomic mass is 79.9. The number of rotatable bonds is 6. The molecule has 1 aliphatic rings. The van der Waals surface area contributed by atoms with Crippen LogP contribution in [0.25, 0.3) is 0 Å². The smallest absolute Gasteiger partial charge is 0.262 e. The second kappa shape index (κ2) is 9.68. The van der Waals surface area contributed by atoms with E-state index in [0.29, 0.717) is 29.4 Å². The third kappa shape index (κ3) is 4.47. The van der Waals surface area contributed by atoms with Crippen LogP contribution in [0.1, 0.15) is 29.0 Å². The van der Waals surface area contributed by atoms with Crippen molar-refractivity contribution in [2.45, 2.75) is 13.1 Å². The maximum absolute atomic E-state index is 13.8. The van der Waals surface area contributed by atoms with Gasteiger partial charge in [0.2, 0.25) is 0 Å². The van der Waals surface area contributed by atoms with Gasteiger partial charge in [-0.15, -0.1) is 6.42 Å². The van der Waals surface area contributed by atoms with Crippen LogP contribution in [0.3, 0.4) is 0 Å². The van der Waals surface area contributed by atoms with Crippen molar-refractivity contribution in [3.8, 4) is 23.8 Å². The third-order valence-corrected chi connectivity index (χ3v) is 5.95. The number of carbonyl (C=O) groups excluding carboxylic acids is 1. The lowest BCUT2D eigenvalue weighted by molar-refractivity contribution is 0.0974. The molecule has 7 heteroatoms. The molecule has 0 aliphatic carbocycles. The molecule has 0 aromatic heterocycles. The van der Waals surface area contributed by atoms with Crippen molar-refractivity contribution in [2.75, 3.05) is 23.4 Å². The maximum Gasteiger partial charge on any atom is 0.262 e. The highest BCUT2D eigenvalue weighted by Gasteiger charge is 2.36. The van der Waals surface area contributed by atoms with Crippen molar-refractivity contribution >= 4 is 49.1 Å². The molecule has 162 valence electrons. The van der Waals surface area contributed by atoms with Crippen LogP contribution in [0.5, 0.6) is 11.5 Å². The van der Waals surface area contributed by atoms with Crippen molar-refractivity contribution < 1.29 is 14.3 Å². The molecule has 0 saturated carbocycles. The molecule has 32 heavy (non-hydrogen) atoms. The van der Waals surface area contributed by atoms with E-state index >= 15 is 0 Å². The van der Waals surface area contributed by atoms with E-state index in [1.807, 2.05) is 67.6 Å². The largest absolute Gasteiger partial charge is 0.494 e. The number of nitrogens with zero attached hydrogens (tertiary/aromatic N) is 1. The van der Waals surface area contributed by atoms with Crippen LogP contribution >= 0.6 is 31.9 Å². The molecule has 3 aromatic carbocycles. The minimum atomic E-state index is -0.529. The number of hydrogen-bond donors (Lipinski definition) is 1. The van der Waals surface area contributed by atoms with E-state index in [1.54, 1.807) is 4.90 Å². The quantitative estimate of drug-likeness (QED) is 0.358. The molecule has 1 heterocycles. The molecule has 0 saturated heterocycles. The third-order valence-electron chi connectivity index (χ3n) is 4.97. The first-order chi connectivity index (χ1) is 15.5. The summed E-state index contributed by atoms with van der Waals surface area (Å²) in [5.41, 5.74) is 2.78. The van der Waals surface area contributed by atoms with Crippen LogP contribution in [0.2, 0.25) is 0 Å². The molecule has 1 amide bonds. The zero-order chi connectivity index (χ0) is 22.7. The topological polar surface area (TPSA) is 50.8 Å². The summed E-state index contributed by atoms with van der Waals surface area (Å²) >= 11 is 7.01. The van der Waals surface area contributed by atoms with Gasteiger partial charge in [0, 0.05) is 26.3 Å². The Hall–Kier alpha value is -2.95. The van der Waals surface area contributed by atoms with Crippen LogP contribution in [-0.4, -0.2) is 19.1 Å². The van der Waals surface area contributed by atoms with Crippen LogP contribution in [0, 0.1) is 12.3 Å². The average molecular weight is 556 g/mol. The van der Waals surface area contributed by atoms with Gasteiger partial charge in [-0.3, -0.25) is 9.69 Å². The van der Waals surface area contributed by atoms with Crippen molar-refractivity contribution in [2.24, 2.45) is 0 Å². The molecule has 0 fully saturated rings. The lowest BCUT2D eigenvalue weighted by atomic mass is 10.0. The van der Waals surface area contributed by atoms with Crippen LogP contribution in [0.4, 0.5) is 11.4 Å². The van der Waals surface area contributed by atoms with E-state index < -0.39 is 6.17 Å². The minimum Gasteiger partial charge on any atom is -0.494 e. The van der Waals surface area contributed by atoms with Crippen molar-refractivity contribution in [3.63, 3.8) is 0 Å². The lowest BCUT2D eigenvalue weighted by Gasteiger charge is -2.39. The van der Waals surface area contributed by atoms with Gasteiger partial charge < -0.3 is 14.8 Å². The van der Waals surface area contributed by atoms with Gasteiger partial charge in [-0.25, -0.2) is 0 Å². The Bertz CT molecular complexity index is 1210. The van der Waals surface area contributed by atoms with E-state index in [9.17, 15) is 4.79 Å². The zero-order valence-electron chi connectivity index (χ0n) is 17.3. The Labute approximate surface area is 204 Å². The monoisotopic (exact) mass is 554 g/mol. The second-order valence-corrected chi connectivity index (χ2v) is 8.85. The van der Waals surface area contributed by atoms with Gasteiger partial charge in [0.25, 0.3) is 5.91 Å². The van der Waals surface area contributed by atoms with Gasteiger partial charge in [-0.05, 0) is 55.5 Å². The second-order valence-electron chi connectivity index (χ2n) is 7.02. The number of benzene rings is 3. The molecule has 1 atom stereocenters. The summed E-state index contributed by atoms with van der Waals surface area (Å²) < 4.78 is 13.2. The highest BCUT2D eigenvalue weighted by molar-refractivity contribution is 9.10. The summed E-state index contributed by atoms with van der Waals surface area (Å²) in [7, 11) is 0. The van der Waals surface area contributed by atoms with E-state index in [1.165, 1.54) is 0 Å². The molecule has 0 unspecified atom stereocenters. The molecular weight excluding hydrogens is 536 g/mol. The van der Waals surface area contributed by atoms with Crippen molar-refractivity contribution in [3.05, 3.63) is 80.7 Å². The van der Waals surface area contributed by atoms with Gasteiger partial charge in [0.15, 0.2) is 0 Å². The Morgan fingerprint density at radius 2 is 1.84 bits per heavy atom. The summed E-state index contributed by atoms with van der Waals surface area (Å²) in [4.78, 5) is 15.5. The summed E-state index contributed by atoms with van der Waals surface area (Å²) in [6, 6.07) is 18.7. The minimum absolute atomic E-state index is 0.124. The van der Waals surface area contributed by atoms with Gasteiger partial charge in [0.1, 0.15) is 24.3 Å². The van der Waals surface area contributed by atoms with Gasteiger partial charge in [-0.2, -0.15) is 0 Å². The normalized spacial score (nSPS) is 14.9. The Morgan fingerprint density at radius 3 is 2.62 bits per heavy atom. The predicted octanol–water partition coefficient (Wildman–Crippen LogP) is 6.39. The maximum atomic E-state index is 13.8. The molecule has 0 radical (unpaired) electrons. The zero-order valence-corrected chi connectivity index (χ0v) is 20.4. The molecule has 0 spiro atoms.